The van der Waals surface area contributed by atoms with Crippen LogP contribution in [0.15, 0.2) is 36.7 Å². The van der Waals surface area contributed by atoms with Gasteiger partial charge in [0.05, 0.1) is 10.6 Å². The minimum atomic E-state index is 0.0372. The van der Waals surface area contributed by atoms with Crippen molar-refractivity contribution < 1.29 is 0 Å². The number of nitrogens with one attached hydrogen (secondary N) is 2. The van der Waals surface area contributed by atoms with Crippen LogP contribution in [0.3, 0.4) is 0 Å². The summed E-state index contributed by atoms with van der Waals surface area (Å²) in [5, 5.41) is 6.91. The molecule has 128 valence electrons. The number of hydrogen-bond acceptors (Lipinski definition) is 6. The lowest BCUT2D eigenvalue weighted by atomic mass is 9.88. The molecule has 0 aliphatic carbocycles. The van der Waals surface area contributed by atoms with Gasteiger partial charge in [-0.25, -0.2) is 9.97 Å². The third-order valence-corrected chi connectivity index (χ3v) is 5.23. The van der Waals surface area contributed by atoms with E-state index in [1.165, 1.54) is 4.88 Å². The van der Waals surface area contributed by atoms with Crippen LogP contribution in [-0.4, -0.2) is 28.1 Å². The first kappa shape index (κ1) is 16.9. The van der Waals surface area contributed by atoms with Gasteiger partial charge >= 0.3 is 0 Å². The molecule has 0 bridgehead atoms. The van der Waals surface area contributed by atoms with Crippen LogP contribution >= 0.6 is 11.3 Å². The van der Waals surface area contributed by atoms with E-state index in [1.807, 2.05) is 12.3 Å². The topological polar surface area (TPSA) is 75.9 Å². The molecule has 0 aromatic carbocycles. The Labute approximate surface area is 147 Å². The summed E-state index contributed by atoms with van der Waals surface area (Å²) in [6.07, 6.45) is 4.61. The lowest BCUT2D eigenvalue weighted by Crippen LogP contribution is -2.48. The summed E-state index contributed by atoms with van der Waals surface area (Å²) in [6, 6.07) is 6.48. The minimum Gasteiger partial charge on any atom is -0.384 e. The Bertz CT molecular complexity index is 722. The number of anilines is 1. The molecule has 2 aromatic heterocycles. The molecule has 0 spiro atoms. The Morgan fingerprint density at radius 2 is 2.25 bits per heavy atom. The second kappa shape index (κ2) is 6.91. The molecule has 3 heterocycles. The zero-order valence-electron chi connectivity index (χ0n) is 14.3. The monoisotopic (exact) mass is 343 g/mol. The van der Waals surface area contributed by atoms with Gasteiger partial charge in [-0.3, -0.25) is 0 Å². The summed E-state index contributed by atoms with van der Waals surface area (Å²) in [4.78, 5) is 11.5. The molecule has 1 fully saturated rings. The SMILES string of the molecule is C=C1CC(Nc2nccc(-c3ccc(CCN)s3)n2)CC(C)(C)N1. The second-order valence-electron chi connectivity index (χ2n) is 6.93. The molecule has 4 N–H and O–H groups in total. The van der Waals surface area contributed by atoms with Crippen molar-refractivity contribution in [1.82, 2.24) is 15.3 Å². The van der Waals surface area contributed by atoms with Crippen molar-refractivity contribution in [2.24, 2.45) is 5.73 Å². The highest BCUT2D eigenvalue weighted by atomic mass is 32.1. The van der Waals surface area contributed by atoms with Gasteiger partial charge < -0.3 is 16.4 Å². The normalized spacial score (nSPS) is 19.8. The lowest BCUT2D eigenvalue weighted by Gasteiger charge is -2.38. The molecule has 0 amide bonds. The quantitative estimate of drug-likeness (QED) is 0.777. The maximum Gasteiger partial charge on any atom is 0.223 e. The molecule has 5 nitrogen and oxygen atoms in total. The van der Waals surface area contributed by atoms with Crippen molar-refractivity contribution >= 4 is 17.3 Å². The molecule has 1 aliphatic heterocycles. The average Bonchev–Trinajstić information content (AvgIpc) is 2.94. The van der Waals surface area contributed by atoms with Gasteiger partial charge in [-0.2, -0.15) is 0 Å². The summed E-state index contributed by atoms with van der Waals surface area (Å²) < 4.78 is 0. The van der Waals surface area contributed by atoms with Crippen molar-refractivity contribution in [3.05, 3.63) is 41.5 Å². The van der Waals surface area contributed by atoms with Gasteiger partial charge in [0.1, 0.15) is 0 Å². The summed E-state index contributed by atoms with van der Waals surface area (Å²) in [5.74, 6) is 0.678. The highest BCUT2D eigenvalue weighted by Gasteiger charge is 2.29. The van der Waals surface area contributed by atoms with Gasteiger partial charge in [-0.1, -0.05) is 6.58 Å². The molecule has 6 heteroatoms. The van der Waals surface area contributed by atoms with E-state index in [0.29, 0.717) is 18.5 Å². The Hall–Kier alpha value is -1.92. The number of piperidine rings is 1. The lowest BCUT2D eigenvalue weighted by molar-refractivity contribution is 0.324. The molecule has 1 atom stereocenters. The van der Waals surface area contributed by atoms with E-state index < -0.39 is 0 Å². The molecule has 1 saturated heterocycles. The van der Waals surface area contributed by atoms with Crippen LogP contribution < -0.4 is 16.4 Å². The highest BCUT2D eigenvalue weighted by Crippen LogP contribution is 2.28. The standard InChI is InChI=1S/C18H25N5S/c1-12-10-13(11-18(2,3)23-12)21-17-20-9-7-15(22-17)16-5-4-14(24-16)6-8-19/h4-5,7,9,13,23H,1,6,8,10-11,19H2,2-3H3,(H,20,21,22). The van der Waals surface area contributed by atoms with E-state index in [-0.39, 0.29) is 5.54 Å². The molecule has 0 radical (unpaired) electrons. The van der Waals surface area contributed by atoms with Crippen LogP contribution in [0.2, 0.25) is 0 Å². The molecular formula is C18H25N5S. The van der Waals surface area contributed by atoms with Gasteiger partial charge in [-0.05, 0) is 51.4 Å². The van der Waals surface area contributed by atoms with Crippen LogP contribution in [0, 0.1) is 0 Å². The van der Waals surface area contributed by atoms with Crippen molar-refractivity contribution in [2.75, 3.05) is 11.9 Å². The maximum absolute atomic E-state index is 5.63. The van der Waals surface area contributed by atoms with Gasteiger partial charge in [-0.15, -0.1) is 11.3 Å². The molecule has 2 aromatic rings. The van der Waals surface area contributed by atoms with E-state index in [1.54, 1.807) is 11.3 Å². The van der Waals surface area contributed by atoms with Gasteiger partial charge in [0.2, 0.25) is 5.95 Å². The Kier molecular flexibility index (Phi) is 4.87. The first-order chi connectivity index (χ1) is 11.4. The summed E-state index contributed by atoms with van der Waals surface area (Å²) in [6.45, 7) is 9.14. The molecule has 1 aliphatic rings. The summed E-state index contributed by atoms with van der Waals surface area (Å²) in [7, 11) is 0. The third kappa shape index (κ3) is 4.13. The van der Waals surface area contributed by atoms with Crippen LogP contribution in [-0.2, 0) is 6.42 Å². The predicted octanol–water partition coefficient (Wildman–Crippen LogP) is 3.16. The Morgan fingerprint density at radius 1 is 1.42 bits per heavy atom. The smallest absolute Gasteiger partial charge is 0.223 e. The Balaban J connectivity index is 1.74. The van der Waals surface area contributed by atoms with E-state index in [9.17, 15) is 0 Å². The van der Waals surface area contributed by atoms with Crippen LogP contribution in [0.1, 0.15) is 31.6 Å². The van der Waals surface area contributed by atoms with Crippen molar-refractivity contribution in [3.63, 3.8) is 0 Å². The molecule has 0 saturated carbocycles. The van der Waals surface area contributed by atoms with Gasteiger partial charge in [0.15, 0.2) is 0 Å². The first-order valence-electron chi connectivity index (χ1n) is 8.30. The largest absolute Gasteiger partial charge is 0.384 e. The number of thiophene rings is 1. The summed E-state index contributed by atoms with van der Waals surface area (Å²) >= 11 is 1.74. The molecule has 1 unspecified atom stereocenters. The van der Waals surface area contributed by atoms with Crippen LogP contribution in [0.4, 0.5) is 5.95 Å². The zero-order chi connectivity index (χ0) is 17.2. The van der Waals surface area contributed by atoms with Crippen molar-refractivity contribution in [3.8, 4) is 10.6 Å². The Morgan fingerprint density at radius 3 is 3.00 bits per heavy atom. The minimum absolute atomic E-state index is 0.0372. The van der Waals surface area contributed by atoms with Crippen molar-refractivity contribution in [1.29, 1.82) is 0 Å². The average molecular weight is 344 g/mol. The molecular weight excluding hydrogens is 318 g/mol. The van der Waals surface area contributed by atoms with E-state index in [4.69, 9.17) is 10.7 Å². The number of hydrogen-bond donors (Lipinski definition) is 3. The van der Waals surface area contributed by atoms with E-state index >= 15 is 0 Å². The maximum atomic E-state index is 5.63. The van der Waals surface area contributed by atoms with Gasteiger partial charge in [0.25, 0.3) is 0 Å². The van der Waals surface area contributed by atoms with Crippen LogP contribution in [0.5, 0.6) is 0 Å². The fourth-order valence-corrected chi connectivity index (χ4v) is 4.20. The zero-order valence-corrected chi connectivity index (χ0v) is 15.1. The molecule has 24 heavy (non-hydrogen) atoms. The molecule has 3 rings (SSSR count). The second-order valence-corrected chi connectivity index (χ2v) is 8.10. The van der Waals surface area contributed by atoms with Crippen LogP contribution in [0.25, 0.3) is 10.6 Å². The number of aromatic nitrogens is 2. The van der Waals surface area contributed by atoms with Crippen molar-refractivity contribution in [2.45, 2.75) is 44.7 Å². The summed E-state index contributed by atoms with van der Waals surface area (Å²) in [5.41, 5.74) is 7.68. The number of rotatable bonds is 5. The first-order valence-corrected chi connectivity index (χ1v) is 9.11. The third-order valence-electron chi connectivity index (χ3n) is 4.06. The van der Waals surface area contributed by atoms with E-state index in [0.717, 1.165) is 35.5 Å². The highest BCUT2D eigenvalue weighted by molar-refractivity contribution is 7.15. The number of nitrogens with two attached hydrogens (primary N) is 1. The predicted molar refractivity (Wildman–Crippen MR) is 101 cm³/mol. The number of nitrogens with zero attached hydrogens (tertiary/aromatic N) is 2. The fourth-order valence-electron chi connectivity index (χ4n) is 3.21. The fraction of sp³-hybridized carbons (Fsp3) is 0.444. The van der Waals surface area contributed by atoms with Gasteiger partial charge in [0, 0.05) is 34.8 Å². The van der Waals surface area contributed by atoms with E-state index in [2.05, 4.69) is 48.2 Å².